The van der Waals surface area contributed by atoms with Crippen molar-refractivity contribution < 1.29 is 4.42 Å². The average Bonchev–Trinajstić information content (AvgIpc) is 3.95. The van der Waals surface area contributed by atoms with E-state index in [1.807, 2.05) is 24.3 Å². The van der Waals surface area contributed by atoms with Crippen LogP contribution in [0.25, 0.3) is 115 Å². The molecule has 8 aromatic carbocycles. The summed E-state index contributed by atoms with van der Waals surface area (Å²) in [4.78, 5) is 15.6. The Balaban J connectivity index is 1.07. The number of hydrogen-bond acceptors (Lipinski definition) is 5. The van der Waals surface area contributed by atoms with Gasteiger partial charge in [0.1, 0.15) is 11.2 Å². The van der Waals surface area contributed by atoms with Gasteiger partial charge in [0.15, 0.2) is 17.5 Å². The molecule has 0 atom stereocenters. The Morgan fingerprint density at radius 1 is 0.386 bits per heavy atom. The van der Waals surface area contributed by atoms with Crippen molar-refractivity contribution in [1.29, 1.82) is 0 Å². The summed E-state index contributed by atoms with van der Waals surface area (Å²) in [6.07, 6.45) is 0. The number of nitrogens with zero attached hydrogens (tertiary/aromatic N) is 4. The quantitative estimate of drug-likeness (QED) is 0.176. The first-order valence-corrected chi connectivity index (χ1v) is 19.8. The van der Waals surface area contributed by atoms with E-state index in [-0.39, 0.29) is 0 Å². The van der Waals surface area contributed by atoms with Gasteiger partial charge in [-0.3, -0.25) is 0 Å². The lowest BCUT2D eigenvalue weighted by atomic mass is 10.0. The summed E-state index contributed by atoms with van der Waals surface area (Å²) in [6.45, 7) is 0. The van der Waals surface area contributed by atoms with Gasteiger partial charge in [0.05, 0.1) is 16.6 Å². The molecular formula is C51H30N4OS. The number of furan rings is 1. The van der Waals surface area contributed by atoms with Crippen molar-refractivity contribution in [2.24, 2.45) is 0 Å². The molecule has 0 spiro atoms. The minimum absolute atomic E-state index is 0.561. The minimum Gasteiger partial charge on any atom is -0.455 e. The van der Waals surface area contributed by atoms with Crippen molar-refractivity contribution in [2.75, 3.05) is 0 Å². The highest BCUT2D eigenvalue weighted by Gasteiger charge is 2.20. The van der Waals surface area contributed by atoms with Gasteiger partial charge in [-0.15, -0.1) is 11.3 Å². The summed E-state index contributed by atoms with van der Waals surface area (Å²) < 4.78 is 11.3. The van der Waals surface area contributed by atoms with E-state index in [4.69, 9.17) is 19.4 Å². The first-order chi connectivity index (χ1) is 28.2. The van der Waals surface area contributed by atoms with Crippen LogP contribution in [0.4, 0.5) is 0 Å². The smallest absolute Gasteiger partial charge is 0.167 e. The van der Waals surface area contributed by atoms with Gasteiger partial charge in [-0.25, -0.2) is 15.0 Å². The Morgan fingerprint density at radius 2 is 1.02 bits per heavy atom. The van der Waals surface area contributed by atoms with Crippen LogP contribution in [0.3, 0.4) is 0 Å². The van der Waals surface area contributed by atoms with E-state index in [0.717, 1.165) is 55.3 Å². The lowest BCUT2D eigenvalue weighted by Crippen LogP contribution is -2.01. The molecule has 4 heterocycles. The van der Waals surface area contributed by atoms with Crippen LogP contribution in [0, 0.1) is 0 Å². The monoisotopic (exact) mass is 746 g/mol. The van der Waals surface area contributed by atoms with E-state index in [9.17, 15) is 0 Å². The molecule has 4 aromatic heterocycles. The Morgan fingerprint density at radius 3 is 1.91 bits per heavy atom. The van der Waals surface area contributed by atoms with Gasteiger partial charge in [-0.2, -0.15) is 0 Å². The minimum atomic E-state index is 0.561. The van der Waals surface area contributed by atoms with Crippen molar-refractivity contribution in [1.82, 2.24) is 19.5 Å². The fourth-order valence-electron chi connectivity index (χ4n) is 8.39. The molecule has 5 nitrogen and oxygen atoms in total. The number of rotatable bonds is 5. The highest BCUT2D eigenvalue weighted by molar-refractivity contribution is 7.25. The number of benzene rings is 8. The normalized spacial score (nSPS) is 11.9. The maximum Gasteiger partial charge on any atom is 0.167 e. The number of fused-ring (bicyclic) bond motifs is 9. The lowest BCUT2D eigenvalue weighted by Gasteiger charge is -2.12. The lowest BCUT2D eigenvalue weighted by molar-refractivity contribution is 0.669. The van der Waals surface area contributed by atoms with Crippen LogP contribution in [0.5, 0.6) is 0 Å². The molecule has 6 heteroatoms. The summed E-state index contributed by atoms with van der Waals surface area (Å²) >= 11 is 1.79. The molecule has 0 saturated carbocycles. The second-order valence-electron chi connectivity index (χ2n) is 14.4. The Labute approximate surface area is 330 Å². The zero-order chi connectivity index (χ0) is 37.5. The molecule has 12 aromatic rings. The van der Waals surface area contributed by atoms with Gasteiger partial charge in [0.2, 0.25) is 0 Å². The van der Waals surface area contributed by atoms with Crippen LogP contribution < -0.4 is 0 Å². The molecule has 0 aliphatic rings. The van der Waals surface area contributed by atoms with Crippen LogP contribution >= 0.6 is 11.3 Å². The Kier molecular flexibility index (Phi) is 7.03. The Hall–Kier alpha value is -7.41. The SMILES string of the molecule is c1ccc(-c2ccc3c4ccccc4n(-c4cccc(-c5nc(-c6ccc7c(c6)sc6ccccc67)nc(-c6cccc7c6oc6ccccc67)n5)c4)c3c2)cc1. The van der Waals surface area contributed by atoms with Gasteiger partial charge >= 0.3 is 0 Å². The summed E-state index contributed by atoms with van der Waals surface area (Å²) in [5.74, 6) is 1.76. The topological polar surface area (TPSA) is 56.7 Å². The fourth-order valence-corrected chi connectivity index (χ4v) is 9.53. The van der Waals surface area contributed by atoms with E-state index >= 15 is 0 Å². The molecule has 12 rings (SSSR count). The van der Waals surface area contributed by atoms with Crippen LogP contribution in [0.2, 0.25) is 0 Å². The molecule has 0 saturated heterocycles. The molecule has 57 heavy (non-hydrogen) atoms. The molecule has 0 radical (unpaired) electrons. The molecule has 0 fully saturated rings. The highest BCUT2D eigenvalue weighted by Crippen LogP contribution is 2.39. The van der Waals surface area contributed by atoms with Crippen molar-refractivity contribution in [3.8, 4) is 51.0 Å². The van der Waals surface area contributed by atoms with E-state index in [1.54, 1.807) is 11.3 Å². The fraction of sp³-hybridized carbons (Fsp3) is 0. The molecule has 0 N–H and O–H groups in total. The van der Waals surface area contributed by atoms with Crippen LogP contribution in [-0.4, -0.2) is 19.5 Å². The van der Waals surface area contributed by atoms with E-state index in [1.165, 1.54) is 42.1 Å². The number of para-hydroxylation sites is 3. The van der Waals surface area contributed by atoms with E-state index in [0.29, 0.717) is 17.5 Å². The third-order valence-corrected chi connectivity index (χ3v) is 12.2. The molecule has 0 unspecified atom stereocenters. The largest absolute Gasteiger partial charge is 0.455 e. The number of thiophene rings is 1. The van der Waals surface area contributed by atoms with Gasteiger partial charge in [-0.05, 0) is 59.7 Å². The zero-order valence-electron chi connectivity index (χ0n) is 30.4. The zero-order valence-corrected chi connectivity index (χ0v) is 31.2. The predicted octanol–water partition coefficient (Wildman–Crippen LogP) is 13.9. The van der Waals surface area contributed by atoms with Gasteiger partial charge in [0, 0.05) is 58.5 Å². The molecule has 0 aliphatic heterocycles. The summed E-state index contributed by atoms with van der Waals surface area (Å²) in [7, 11) is 0. The van der Waals surface area contributed by atoms with Crippen LogP contribution in [0.15, 0.2) is 186 Å². The highest BCUT2D eigenvalue weighted by atomic mass is 32.1. The third kappa shape index (κ3) is 5.12. The molecule has 0 amide bonds. The first-order valence-electron chi connectivity index (χ1n) is 19.0. The number of aromatic nitrogens is 4. The standard InChI is InChI=1S/C51H30N4OS/c1-2-12-31(13-3-1)32-24-26-37-36-16-4-7-21-43(36)55(44(37)29-32)35-15-10-14-33(28-35)49-52-50(34-25-27-40-39-18-6-9-23-46(39)57-47(40)30-34)54-51(53-49)42-20-11-19-41-38-17-5-8-22-45(38)56-48(41)42/h1-30H. The first kappa shape index (κ1) is 31.9. The van der Waals surface area contributed by atoms with Crippen molar-refractivity contribution in [3.63, 3.8) is 0 Å². The van der Waals surface area contributed by atoms with Crippen molar-refractivity contribution >= 4 is 75.3 Å². The summed E-state index contributed by atoms with van der Waals surface area (Å²) in [5.41, 5.74) is 9.90. The second-order valence-corrected chi connectivity index (χ2v) is 15.5. The predicted molar refractivity (Wildman–Crippen MR) is 236 cm³/mol. The maximum absolute atomic E-state index is 6.51. The van der Waals surface area contributed by atoms with Crippen LogP contribution in [-0.2, 0) is 0 Å². The van der Waals surface area contributed by atoms with Gasteiger partial charge < -0.3 is 8.98 Å². The van der Waals surface area contributed by atoms with Gasteiger partial charge in [-0.1, -0.05) is 133 Å². The Bertz CT molecular complexity index is 3540. The molecular weight excluding hydrogens is 717 g/mol. The maximum atomic E-state index is 6.51. The third-order valence-electron chi connectivity index (χ3n) is 11.1. The van der Waals surface area contributed by atoms with Gasteiger partial charge in [0.25, 0.3) is 0 Å². The molecule has 266 valence electrons. The molecule has 0 aliphatic carbocycles. The average molecular weight is 747 g/mol. The second kappa shape index (κ2) is 12.6. The van der Waals surface area contributed by atoms with E-state index < -0.39 is 0 Å². The van der Waals surface area contributed by atoms with Crippen molar-refractivity contribution in [2.45, 2.75) is 0 Å². The number of hydrogen-bond donors (Lipinski definition) is 0. The van der Waals surface area contributed by atoms with E-state index in [2.05, 4.69) is 162 Å². The van der Waals surface area contributed by atoms with Crippen LogP contribution in [0.1, 0.15) is 0 Å². The summed E-state index contributed by atoms with van der Waals surface area (Å²) in [6, 6.07) is 63.9. The molecule has 0 bridgehead atoms. The summed E-state index contributed by atoms with van der Waals surface area (Å²) in [5, 5.41) is 6.99. The van der Waals surface area contributed by atoms with Crippen molar-refractivity contribution in [3.05, 3.63) is 182 Å².